The van der Waals surface area contributed by atoms with Gasteiger partial charge in [-0.3, -0.25) is 5.10 Å². The van der Waals surface area contributed by atoms with Gasteiger partial charge in [-0.15, -0.1) is 0 Å². The van der Waals surface area contributed by atoms with Crippen LogP contribution >= 0.6 is 0 Å². The second-order valence-corrected chi connectivity index (χ2v) is 5.02. The van der Waals surface area contributed by atoms with Gasteiger partial charge in [0.25, 0.3) is 5.95 Å². The minimum absolute atomic E-state index is 0.0724. The zero-order chi connectivity index (χ0) is 13.2. The van der Waals surface area contributed by atoms with Crippen molar-refractivity contribution in [2.75, 3.05) is 0 Å². The molecule has 9 nitrogen and oxygen atoms in total. The van der Waals surface area contributed by atoms with E-state index in [-0.39, 0.29) is 22.0 Å². The molecule has 10 heteroatoms. The maximum absolute atomic E-state index is 12.1. The van der Waals surface area contributed by atoms with Gasteiger partial charge in [0.1, 0.15) is 0 Å². The number of aromatic nitrogens is 4. The molecular formula is C8H9N7O2S. The Morgan fingerprint density at radius 1 is 1.28 bits per heavy atom. The predicted octanol–water partition coefficient (Wildman–Crippen LogP) is -1.06. The van der Waals surface area contributed by atoms with Crippen LogP contribution in [0, 0.1) is 0 Å². The number of H-pyrrole nitrogens is 1. The lowest BCUT2D eigenvalue weighted by Crippen LogP contribution is -2.22. The van der Waals surface area contributed by atoms with Gasteiger partial charge < -0.3 is 11.5 Å². The Hall–Kier alpha value is -2.49. The minimum atomic E-state index is -3.77. The van der Waals surface area contributed by atoms with Gasteiger partial charge in [0, 0.05) is 6.20 Å². The molecule has 0 amide bonds. The Labute approximate surface area is 102 Å². The number of guanidine groups is 1. The third kappa shape index (κ3) is 2.27. The molecule has 0 atom stereocenters. The minimum Gasteiger partial charge on any atom is -0.370 e. The van der Waals surface area contributed by atoms with E-state index in [1.807, 2.05) is 0 Å². The molecule has 0 unspecified atom stereocenters. The van der Waals surface area contributed by atoms with Crippen LogP contribution in [0.4, 0.5) is 5.95 Å². The Kier molecular flexibility index (Phi) is 2.93. The predicted molar refractivity (Wildman–Crippen MR) is 61.5 cm³/mol. The summed E-state index contributed by atoms with van der Waals surface area (Å²) in [5.74, 6) is -0.387. The van der Waals surface area contributed by atoms with Gasteiger partial charge in [0.15, 0.2) is 16.0 Å². The Morgan fingerprint density at radius 3 is 2.67 bits per heavy atom. The van der Waals surface area contributed by atoms with E-state index in [0.717, 1.165) is 0 Å². The molecule has 0 spiro atoms. The Bertz CT molecular complexity index is 673. The van der Waals surface area contributed by atoms with Crippen molar-refractivity contribution in [1.82, 2.24) is 20.2 Å². The monoisotopic (exact) mass is 267 g/mol. The topological polar surface area (TPSA) is 153 Å². The normalized spacial score (nSPS) is 11.1. The number of hydrogen-bond donors (Lipinski definition) is 3. The van der Waals surface area contributed by atoms with E-state index in [4.69, 9.17) is 11.5 Å². The highest BCUT2D eigenvalue weighted by atomic mass is 32.2. The average molecular weight is 267 g/mol. The van der Waals surface area contributed by atoms with Crippen LogP contribution in [0.1, 0.15) is 0 Å². The molecule has 5 N–H and O–H groups in total. The van der Waals surface area contributed by atoms with E-state index in [0.29, 0.717) is 0 Å². The Morgan fingerprint density at radius 2 is 2.06 bits per heavy atom. The molecule has 0 aliphatic rings. The maximum Gasteiger partial charge on any atom is 0.253 e. The smallest absolute Gasteiger partial charge is 0.253 e. The third-order valence-corrected chi connectivity index (χ3v) is 3.47. The summed E-state index contributed by atoms with van der Waals surface area (Å²) in [4.78, 5) is 11.0. The van der Waals surface area contributed by atoms with Crippen molar-refractivity contribution in [2.45, 2.75) is 10.1 Å². The van der Waals surface area contributed by atoms with Crippen LogP contribution in [0.15, 0.2) is 39.6 Å². The second kappa shape index (κ2) is 4.41. The fourth-order valence-corrected chi connectivity index (χ4v) is 2.24. The molecule has 2 aromatic heterocycles. The van der Waals surface area contributed by atoms with E-state index in [2.05, 4.69) is 25.2 Å². The summed E-state index contributed by atoms with van der Waals surface area (Å²) in [7, 11) is -3.77. The fourth-order valence-electron chi connectivity index (χ4n) is 1.16. The lowest BCUT2D eigenvalue weighted by Gasteiger charge is -2.01. The van der Waals surface area contributed by atoms with Gasteiger partial charge in [0.05, 0.1) is 6.20 Å². The van der Waals surface area contributed by atoms with Crippen molar-refractivity contribution in [3.8, 4) is 0 Å². The first-order valence-electron chi connectivity index (χ1n) is 4.67. The quantitative estimate of drug-likeness (QED) is 0.363. The van der Waals surface area contributed by atoms with Gasteiger partial charge >= 0.3 is 0 Å². The zero-order valence-electron chi connectivity index (χ0n) is 8.98. The summed E-state index contributed by atoms with van der Waals surface area (Å²) in [5, 5.41) is 5.63. The van der Waals surface area contributed by atoms with Crippen LogP contribution in [0.25, 0.3) is 0 Å². The number of rotatable bonds is 3. The standard InChI is InChI=1S/C8H9N7O2S/c9-7(10)14-8-11-3-1-5(13-8)18(16,17)6-2-4-12-15-6/h1-4H,(H,12,15)(H4,9,10,11,13,14). The van der Waals surface area contributed by atoms with Crippen molar-refractivity contribution in [3.63, 3.8) is 0 Å². The molecule has 94 valence electrons. The number of nitrogens with zero attached hydrogens (tertiary/aromatic N) is 4. The van der Waals surface area contributed by atoms with Crippen molar-refractivity contribution in [1.29, 1.82) is 0 Å². The summed E-state index contributed by atoms with van der Waals surface area (Å²) in [6.07, 6.45) is 2.57. The lowest BCUT2D eigenvalue weighted by molar-refractivity contribution is 0.588. The third-order valence-electron chi connectivity index (χ3n) is 1.89. The molecule has 0 saturated carbocycles. The summed E-state index contributed by atoms with van der Waals surface area (Å²) in [5.41, 5.74) is 10.3. The molecule has 0 radical (unpaired) electrons. The maximum atomic E-state index is 12.1. The highest BCUT2D eigenvalue weighted by Gasteiger charge is 2.21. The van der Waals surface area contributed by atoms with Gasteiger partial charge in [0.2, 0.25) is 9.84 Å². The molecule has 0 saturated heterocycles. The summed E-state index contributed by atoms with van der Waals surface area (Å²) in [6, 6.07) is 2.56. The SMILES string of the molecule is NC(N)=Nc1nccc(S(=O)(=O)c2ccn[nH]2)n1. The van der Waals surface area contributed by atoms with E-state index in [9.17, 15) is 8.42 Å². The van der Waals surface area contributed by atoms with Gasteiger partial charge in [-0.1, -0.05) is 0 Å². The number of nitrogens with one attached hydrogen (secondary N) is 1. The number of nitrogens with two attached hydrogens (primary N) is 2. The van der Waals surface area contributed by atoms with Crippen LogP contribution in [0.5, 0.6) is 0 Å². The van der Waals surface area contributed by atoms with Crippen molar-refractivity contribution in [3.05, 3.63) is 24.5 Å². The van der Waals surface area contributed by atoms with Crippen LogP contribution < -0.4 is 11.5 Å². The van der Waals surface area contributed by atoms with Gasteiger partial charge in [-0.2, -0.15) is 15.1 Å². The van der Waals surface area contributed by atoms with Crippen LogP contribution in [-0.2, 0) is 9.84 Å². The highest BCUT2D eigenvalue weighted by Crippen LogP contribution is 2.17. The molecule has 2 heterocycles. The highest BCUT2D eigenvalue weighted by molar-refractivity contribution is 7.91. The lowest BCUT2D eigenvalue weighted by atomic mass is 10.7. The van der Waals surface area contributed by atoms with Crippen molar-refractivity contribution in [2.24, 2.45) is 16.5 Å². The van der Waals surface area contributed by atoms with Crippen molar-refractivity contribution >= 4 is 21.7 Å². The average Bonchev–Trinajstić information content (AvgIpc) is 2.82. The number of sulfone groups is 1. The van der Waals surface area contributed by atoms with Gasteiger partial charge in [-0.05, 0) is 12.1 Å². The number of hydrogen-bond acceptors (Lipinski definition) is 6. The van der Waals surface area contributed by atoms with Crippen LogP contribution in [0.3, 0.4) is 0 Å². The first-order valence-corrected chi connectivity index (χ1v) is 6.15. The molecule has 18 heavy (non-hydrogen) atoms. The zero-order valence-corrected chi connectivity index (χ0v) is 9.79. The van der Waals surface area contributed by atoms with Gasteiger partial charge in [-0.25, -0.2) is 13.4 Å². The largest absolute Gasteiger partial charge is 0.370 e. The number of aromatic amines is 1. The summed E-state index contributed by atoms with van der Waals surface area (Å²) in [6.45, 7) is 0. The second-order valence-electron chi connectivity index (χ2n) is 3.16. The molecule has 0 bridgehead atoms. The molecule has 0 aromatic carbocycles. The molecule has 0 aliphatic carbocycles. The molecule has 2 rings (SSSR count). The first-order chi connectivity index (χ1) is 8.50. The van der Waals surface area contributed by atoms with Crippen LogP contribution in [0.2, 0.25) is 0 Å². The van der Waals surface area contributed by atoms with E-state index >= 15 is 0 Å². The van der Waals surface area contributed by atoms with E-state index in [1.165, 1.54) is 24.5 Å². The summed E-state index contributed by atoms with van der Waals surface area (Å²) >= 11 is 0. The Balaban J connectivity index is 2.50. The molecule has 2 aromatic rings. The molecule has 0 fully saturated rings. The van der Waals surface area contributed by atoms with Crippen molar-refractivity contribution < 1.29 is 8.42 Å². The summed E-state index contributed by atoms with van der Waals surface area (Å²) < 4.78 is 24.1. The number of aliphatic imine (C=N–C) groups is 1. The van der Waals surface area contributed by atoms with Crippen LogP contribution in [-0.4, -0.2) is 34.5 Å². The fraction of sp³-hybridized carbons (Fsp3) is 0. The first kappa shape index (κ1) is 12.0. The molecule has 0 aliphatic heterocycles. The van der Waals surface area contributed by atoms with E-state index < -0.39 is 9.84 Å². The van der Waals surface area contributed by atoms with E-state index in [1.54, 1.807) is 0 Å². The molecular weight excluding hydrogens is 258 g/mol.